The summed E-state index contributed by atoms with van der Waals surface area (Å²) in [5, 5.41) is 1.25. The molecule has 0 radical (unpaired) electrons. The van der Waals surface area contributed by atoms with Gasteiger partial charge in [-0.2, -0.15) is 0 Å². The highest BCUT2D eigenvalue weighted by molar-refractivity contribution is 7.95. The maximum absolute atomic E-state index is 13.1. The molecule has 2 aromatic carbocycles. The molecular weight excluding hydrogens is 401 g/mol. The van der Waals surface area contributed by atoms with Gasteiger partial charge in [0.1, 0.15) is 5.82 Å². The second-order valence-electron chi connectivity index (χ2n) is 7.72. The maximum Gasteiger partial charge on any atom is 0.151 e. The van der Waals surface area contributed by atoms with Gasteiger partial charge in [0.15, 0.2) is 12.2 Å². The van der Waals surface area contributed by atoms with Gasteiger partial charge >= 0.3 is 0 Å². The fourth-order valence-corrected chi connectivity index (χ4v) is 4.48. The number of hydrogen-bond donors (Lipinski definition) is 0. The number of anilines is 1. The number of piperidine rings is 1. The molecule has 0 amide bonds. The third-order valence-electron chi connectivity index (χ3n) is 5.86. The van der Waals surface area contributed by atoms with Gasteiger partial charge < -0.3 is 9.47 Å². The summed E-state index contributed by atoms with van der Waals surface area (Å²) in [6, 6.07) is 16.0. The molecule has 4 rings (SSSR count). The Morgan fingerprint density at radius 2 is 1.87 bits per heavy atom. The van der Waals surface area contributed by atoms with Gasteiger partial charge in [0.05, 0.1) is 18.3 Å². The molecule has 3 aromatic rings. The predicted molar refractivity (Wildman–Crippen MR) is 121 cm³/mol. The molecule has 1 fully saturated rings. The van der Waals surface area contributed by atoms with Gasteiger partial charge in [0.25, 0.3) is 0 Å². The largest absolute Gasteiger partial charge is 0.344 e. The average molecular weight is 430 g/mol. The van der Waals surface area contributed by atoms with E-state index >= 15 is 0 Å². The number of nitrogens with zero attached hydrogens (tertiary/aromatic N) is 3. The van der Waals surface area contributed by atoms with Crippen molar-refractivity contribution in [2.75, 3.05) is 38.1 Å². The molecule has 2 heterocycles. The Bertz CT molecular complexity index is 955. The van der Waals surface area contributed by atoms with Crippen LogP contribution in [0.1, 0.15) is 24.4 Å². The van der Waals surface area contributed by atoms with E-state index < -0.39 is 0 Å². The summed E-state index contributed by atoms with van der Waals surface area (Å²) in [7, 11) is 3.46. The Morgan fingerprint density at radius 3 is 2.60 bits per heavy atom. The molecular formula is C23H28FN3O2S. The number of hydrogen-bond acceptors (Lipinski definition) is 5. The summed E-state index contributed by atoms with van der Waals surface area (Å²) in [5.41, 5.74) is 3.52. The van der Waals surface area contributed by atoms with Crippen LogP contribution in [0.2, 0.25) is 0 Å². The summed E-state index contributed by atoms with van der Waals surface area (Å²) in [5.74, 6) is -0.169. The topological polar surface area (TPSA) is 29.9 Å². The maximum atomic E-state index is 13.1. The van der Waals surface area contributed by atoms with Crippen molar-refractivity contribution in [2.45, 2.75) is 25.3 Å². The Kier molecular flexibility index (Phi) is 6.94. The fraction of sp³-hybridized carbons (Fsp3) is 0.391. The third-order valence-corrected chi connectivity index (χ3v) is 6.49. The lowest BCUT2D eigenvalue weighted by atomic mass is 10.0. The Balaban J connectivity index is 1.37. The van der Waals surface area contributed by atoms with Crippen molar-refractivity contribution in [3.63, 3.8) is 0 Å². The first-order valence-corrected chi connectivity index (χ1v) is 11.0. The van der Waals surface area contributed by atoms with Crippen molar-refractivity contribution < 1.29 is 13.6 Å². The number of rotatable bonds is 8. The lowest BCUT2D eigenvalue weighted by Gasteiger charge is -2.33. The van der Waals surface area contributed by atoms with E-state index in [0.717, 1.165) is 56.8 Å². The highest BCUT2D eigenvalue weighted by atomic mass is 32.2. The summed E-state index contributed by atoms with van der Waals surface area (Å²) in [4.78, 5) is 7.20. The molecule has 1 saturated heterocycles. The van der Waals surface area contributed by atoms with Crippen LogP contribution in [-0.2, 0) is 15.6 Å². The van der Waals surface area contributed by atoms with Crippen molar-refractivity contribution >= 4 is 28.8 Å². The van der Waals surface area contributed by atoms with Gasteiger partial charge in [0.2, 0.25) is 0 Å². The molecule has 1 aromatic heterocycles. The van der Waals surface area contributed by atoms with Crippen molar-refractivity contribution in [3.8, 4) is 0 Å². The molecule has 0 bridgehead atoms. The number of likely N-dealkylation sites (tertiary alicyclic amines) is 1. The molecule has 0 spiro atoms. The van der Waals surface area contributed by atoms with E-state index in [-0.39, 0.29) is 5.82 Å². The SMILES string of the molecule is COOSN(C)c1ccc2ccn(C3CCN(CCc4ccc(F)cc4)CC3)c2c1. The van der Waals surface area contributed by atoms with Gasteiger partial charge in [-0.05, 0) is 60.5 Å². The molecule has 0 N–H and O–H groups in total. The summed E-state index contributed by atoms with van der Waals surface area (Å²) >= 11 is 1.16. The molecule has 7 heteroatoms. The second-order valence-corrected chi connectivity index (χ2v) is 8.55. The van der Waals surface area contributed by atoms with Gasteiger partial charge in [-0.25, -0.2) is 9.28 Å². The first kappa shape index (κ1) is 21.2. The van der Waals surface area contributed by atoms with E-state index in [1.54, 1.807) is 12.1 Å². The summed E-state index contributed by atoms with van der Waals surface area (Å²) < 4.78 is 22.4. The average Bonchev–Trinajstić information content (AvgIpc) is 3.20. The highest BCUT2D eigenvalue weighted by Gasteiger charge is 2.21. The molecule has 5 nitrogen and oxygen atoms in total. The van der Waals surface area contributed by atoms with Crippen LogP contribution in [0.4, 0.5) is 10.1 Å². The smallest absolute Gasteiger partial charge is 0.151 e. The lowest BCUT2D eigenvalue weighted by Crippen LogP contribution is -2.35. The quantitative estimate of drug-likeness (QED) is 0.212. The molecule has 0 atom stereocenters. The van der Waals surface area contributed by atoms with Crippen molar-refractivity contribution in [2.24, 2.45) is 0 Å². The van der Waals surface area contributed by atoms with Crippen LogP contribution in [0, 0.1) is 5.82 Å². The first-order valence-electron chi connectivity index (χ1n) is 10.3. The molecule has 0 unspecified atom stereocenters. The van der Waals surface area contributed by atoms with Gasteiger partial charge in [-0.1, -0.05) is 18.2 Å². The number of fused-ring (bicyclic) bond motifs is 1. The summed E-state index contributed by atoms with van der Waals surface area (Å²) in [6.45, 7) is 3.20. The third kappa shape index (κ3) is 4.98. The van der Waals surface area contributed by atoms with Crippen LogP contribution in [0.3, 0.4) is 0 Å². The number of benzene rings is 2. The van der Waals surface area contributed by atoms with Crippen LogP contribution in [0.25, 0.3) is 10.9 Å². The van der Waals surface area contributed by atoms with E-state index in [9.17, 15) is 4.39 Å². The minimum atomic E-state index is -0.169. The zero-order valence-corrected chi connectivity index (χ0v) is 18.3. The van der Waals surface area contributed by atoms with Crippen molar-refractivity contribution in [1.82, 2.24) is 9.47 Å². The molecule has 30 heavy (non-hydrogen) atoms. The van der Waals surface area contributed by atoms with Crippen LogP contribution in [-0.4, -0.2) is 43.3 Å². The highest BCUT2D eigenvalue weighted by Crippen LogP contribution is 2.31. The fourth-order valence-electron chi connectivity index (χ4n) is 4.13. The van der Waals surface area contributed by atoms with Gasteiger partial charge in [-0.15, -0.1) is 4.33 Å². The molecule has 0 aliphatic carbocycles. The van der Waals surface area contributed by atoms with Crippen LogP contribution in [0.5, 0.6) is 0 Å². The zero-order valence-electron chi connectivity index (χ0n) is 17.5. The Morgan fingerprint density at radius 1 is 1.10 bits per heavy atom. The normalized spacial score (nSPS) is 15.7. The molecule has 1 aliphatic rings. The Labute approximate surface area is 181 Å². The van der Waals surface area contributed by atoms with E-state index in [0.29, 0.717) is 6.04 Å². The predicted octanol–water partition coefficient (Wildman–Crippen LogP) is 5.24. The lowest BCUT2D eigenvalue weighted by molar-refractivity contribution is -0.160. The van der Waals surface area contributed by atoms with E-state index in [1.807, 2.05) is 23.5 Å². The molecule has 0 saturated carbocycles. The van der Waals surface area contributed by atoms with Crippen LogP contribution < -0.4 is 4.31 Å². The van der Waals surface area contributed by atoms with Crippen molar-refractivity contribution in [3.05, 3.63) is 66.1 Å². The van der Waals surface area contributed by atoms with E-state index in [1.165, 1.54) is 23.6 Å². The minimum absolute atomic E-state index is 0.169. The standard InChI is InChI=1S/C23H28FN3O2S/c1-25(30-29-28-2)22-8-5-19-10-16-27(23(19)17-22)21-11-14-26(15-12-21)13-9-18-3-6-20(24)7-4-18/h3-8,10,16-17,21H,9,11-15H2,1-2H3. The van der Waals surface area contributed by atoms with Crippen LogP contribution in [0.15, 0.2) is 54.7 Å². The summed E-state index contributed by atoms with van der Waals surface area (Å²) in [6.07, 6.45) is 5.45. The van der Waals surface area contributed by atoms with E-state index in [2.05, 4.69) is 44.8 Å². The minimum Gasteiger partial charge on any atom is -0.344 e. The van der Waals surface area contributed by atoms with Crippen molar-refractivity contribution in [1.29, 1.82) is 0 Å². The zero-order chi connectivity index (χ0) is 20.9. The number of halogens is 1. The van der Waals surface area contributed by atoms with Gasteiger partial charge in [-0.3, -0.25) is 4.31 Å². The monoisotopic (exact) mass is 429 g/mol. The van der Waals surface area contributed by atoms with Gasteiger partial charge in [0, 0.05) is 38.9 Å². The van der Waals surface area contributed by atoms with E-state index in [4.69, 9.17) is 4.33 Å². The van der Waals surface area contributed by atoms with Crippen LogP contribution >= 0.6 is 12.2 Å². The molecule has 1 aliphatic heterocycles. The first-order chi connectivity index (χ1) is 14.6. The second kappa shape index (κ2) is 9.83. The Hall–Kier alpha value is -2.06. The molecule has 160 valence electrons. The number of aromatic nitrogens is 1.